The van der Waals surface area contributed by atoms with Crippen molar-refractivity contribution in [1.82, 2.24) is 9.78 Å². The van der Waals surface area contributed by atoms with Crippen LogP contribution in [0.3, 0.4) is 0 Å². The van der Waals surface area contributed by atoms with E-state index in [1.54, 1.807) is 19.2 Å². The van der Waals surface area contributed by atoms with E-state index in [4.69, 9.17) is 11.6 Å². The third-order valence-electron chi connectivity index (χ3n) is 2.15. The Balaban J connectivity index is 2.46. The van der Waals surface area contributed by atoms with Crippen LogP contribution in [0.1, 0.15) is 16.1 Å². The first-order chi connectivity index (χ1) is 7.20. The SMILES string of the molecule is Cn1ncc(Cl)c1C(=O)c1ccccc1. The van der Waals surface area contributed by atoms with Crippen LogP contribution >= 0.6 is 11.6 Å². The summed E-state index contributed by atoms with van der Waals surface area (Å²) in [7, 11) is 1.70. The summed E-state index contributed by atoms with van der Waals surface area (Å²) in [4.78, 5) is 12.0. The molecule has 0 saturated carbocycles. The van der Waals surface area contributed by atoms with E-state index < -0.39 is 0 Å². The first-order valence-electron chi connectivity index (χ1n) is 4.47. The molecule has 2 aromatic rings. The summed E-state index contributed by atoms with van der Waals surface area (Å²) in [5.74, 6) is -0.111. The summed E-state index contributed by atoms with van der Waals surface area (Å²) in [6.45, 7) is 0. The lowest BCUT2D eigenvalue weighted by molar-refractivity contribution is 0.103. The molecule has 0 bridgehead atoms. The van der Waals surface area contributed by atoms with Crippen LogP contribution in [0.15, 0.2) is 36.5 Å². The topological polar surface area (TPSA) is 34.9 Å². The predicted octanol–water partition coefficient (Wildman–Crippen LogP) is 2.30. The third-order valence-corrected chi connectivity index (χ3v) is 2.42. The molecule has 0 saturated heterocycles. The van der Waals surface area contributed by atoms with Gasteiger partial charge in [0.2, 0.25) is 5.78 Å². The number of benzene rings is 1. The number of hydrogen-bond donors (Lipinski definition) is 0. The number of hydrogen-bond acceptors (Lipinski definition) is 2. The van der Waals surface area contributed by atoms with Crippen molar-refractivity contribution in [2.45, 2.75) is 0 Å². The highest BCUT2D eigenvalue weighted by atomic mass is 35.5. The maximum Gasteiger partial charge on any atom is 0.212 e. The van der Waals surface area contributed by atoms with E-state index in [-0.39, 0.29) is 5.78 Å². The molecule has 4 heteroatoms. The zero-order valence-corrected chi connectivity index (χ0v) is 8.90. The molecule has 0 aliphatic carbocycles. The average Bonchev–Trinajstić information content (AvgIpc) is 2.59. The van der Waals surface area contributed by atoms with Gasteiger partial charge in [-0.1, -0.05) is 41.9 Å². The Bertz CT molecular complexity index is 471. The molecule has 0 amide bonds. The number of ketones is 1. The van der Waals surface area contributed by atoms with Gasteiger partial charge in [-0.3, -0.25) is 9.48 Å². The van der Waals surface area contributed by atoms with E-state index in [1.165, 1.54) is 10.9 Å². The molecule has 1 heterocycles. The lowest BCUT2D eigenvalue weighted by Crippen LogP contribution is -2.08. The number of halogens is 1. The molecule has 0 aliphatic heterocycles. The smallest absolute Gasteiger partial charge is 0.212 e. The molecule has 3 nitrogen and oxygen atoms in total. The van der Waals surface area contributed by atoms with Crippen molar-refractivity contribution in [3.63, 3.8) is 0 Å². The maximum atomic E-state index is 12.0. The molecular weight excluding hydrogens is 212 g/mol. The quantitative estimate of drug-likeness (QED) is 0.728. The van der Waals surface area contributed by atoms with Crippen LogP contribution in [0.5, 0.6) is 0 Å². The Kier molecular flexibility index (Phi) is 2.56. The van der Waals surface area contributed by atoms with Gasteiger partial charge in [0, 0.05) is 12.6 Å². The second kappa shape index (κ2) is 3.87. The molecule has 0 spiro atoms. The number of rotatable bonds is 2. The molecule has 0 N–H and O–H groups in total. The van der Waals surface area contributed by atoms with Gasteiger partial charge in [0.05, 0.1) is 11.2 Å². The molecule has 0 unspecified atom stereocenters. The van der Waals surface area contributed by atoms with Crippen molar-refractivity contribution in [3.05, 3.63) is 52.8 Å². The first-order valence-corrected chi connectivity index (χ1v) is 4.85. The van der Waals surface area contributed by atoms with E-state index in [0.29, 0.717) is 16.3 Å². The molecule has 0 radical (unpaired) electrons. The van der Waals surface area contributed by atoms with Crippen LogP contribution in [0, 0.1) is 0 Å². The largest absolute Gasteiger partial charge is 0.287 e. The Hall–Kier alpha value is -1.61. The van der Waals surface area contributed by atoms with Gasteiger partial charge in [-0.05, 0) is 0 Å². The minimum atomic E-state index is -0.111. The lowest BCUT2D eigenvalue weighted by atomic mass is 10.1. The van der Waals surface area contributed by atoms with Crippen LogP contribution in [0.4, 0.5) is 0 Å². The Labute approximate surface area is 92.3 Å². The molecular formula is C11H9ClN2O. The van der Waals surface area contributed by atoms with Gasteiger partial charge in [0.25, 0.3) is 0 Å². The van der Waals surface area contributed by atoms with Crippen molar-refractivity contribution < 1.29 is 4.79 Å². The van der Waals surface area contributed by atoms with Gasteiger partial charge in [0.1, 0.15) is 5.69 Å². The van der Waals surface area contributed by atoms with Crippen molar-refractivity contribution in [2.24, 2.45) is 7.05 Å². The van der Waals surface area contributed by atoms with Gasteiger partial charge in [-0.15, -0.1) is 0 Å². The summed E-state index contributed by atoms with van der Waals surface area (Å²) < 4.78 is 1.48. The van der Waals surface area contributed by atoms with Crippen molar-refractivity contribution in [1.29, 1.82) is 0 Å². The zero-order valence-electron chi connectivity index (χ0n) is 8.14. The Morgan fingerprint density at radius 1 is 1.33 bits per heavy atom. The van der Waals surface area contributed by atoms with E-state index in [1.807, 2.05) is 18.2 Å². The monoisotopic (exact) mass is 220 g/mol. The van der Waals surface area contributed by atoms with Crippen LogP contribution in [-0.4, -0.2) is 15.6 Å². The molecule has 1 aromatic heterocycles. The van der Waals surface area contributed by atoms with E-state index in [0.717, 1.165) is 0 Å². The first kappa shape index (κ1) is 9.93. The molecule has 0 aliphatic rings. The summed E-state index contributed by atoms with van der Waals surface area (Å²) in [5.41, 5.74) is 1.03. The van der Waals surface area contributed by atoms with E-state index in [2.05, 4.69) is 5.10 Å². The highest BCUT2D eigenvalue weighted by molar-refractivity contribution is 6.34. The molecule has 76 valence electrons. The fraction of sp³-hybridized carbons (Fsp3) is 0.0909. The van der Waals surface area contributed by atoms with Gasteiger partial charge in [-0.2, -0.15) is 5.10 Å². The second-order valence-corrected chi connectivity index (χ2v) is 3.57. The lowest BCUT2D eigenvalue weighted by Gasteiger charge is -2.01. The van der Waals surface area contributed by atoms with Crippen LogP contribution in [-0.2, 0) is 7.05 Å². The van der Waals surface area contributed by atoms with Gasteiger partial charge >= 0.3 is 0 Å². The summed E-state index contributed by atoms with van der Waals surface area (Å²) in [6.07, 6.45) is 1.47. The zero-order chi connectivity index (χ0) is 10.8. The van der Waals surface area contributed by atoms with Crippen LogP contribution < -0.4 is 0 Å². The number of carbonyl (C=O) groups excluding carboxylic acids is 1. The number of aromatic nitrogens is 2. The fourth-order valence-electron chi connectivity index (χ4n) is 1.39. The second-order valence-electron chi connectivity index (χ2n) is 3.16. The number of aryl methyl sites for hydroxylation is 1. The van der Waals surface area contributed by atoms with E-state index in [9.17, 15) is 4.79 Å². The average molecular weight is 221 g/mol. The normalized spacial score (nSPS) is 10.3. The van der Waals surface area contributed by atoms with Crippen molar-refractivity contribution in [3.8, 4) is 0 Å². The minimum absolute atomic E-state index is 0.111. The number of nitrogens with zero attached hydrogens (tertiary/aromatic N) is 2. The van der Waals surface area contributed by atoms with Gasteiger partial charge in [-0.25, -0.2) is 0 Å². The van der Waals surface area contributed by atoms with Crippen LogP contribution in [0.25, 0.3) is 0 Å². The fourth-order valence-corrected chi connectivity index (χ4v) is 1.64. The molecule has 2 rings (SSSR count). The standard InChI is InChI=1S/C11H9ClN2O/c1-14-10(9(12)7-13-14)11(15)8-5-3-2-4-6-8/h2-7H,1H3. The molecule has 0 atom stereocenters. The summed E-state index contributed by atoms with van der Waals surface area (Å²) >= 11 is 5.89. The maximum absolute atomic E-state index is 12.0. The van der Waals surface area contributed by atoms with E-state index >= 15 is 0 Å². The number of carbonyl (C=O) groups is 1. The highest BCUT2D eigenvalue weighted by Crippen LogP contribution is 2.17. The van der Waals surface area contributed by atoms with Gasteiger partial charge < -0.3 is 0 Å². The Morgan fingerprint density at radius 2 is 2.00 bits per heavy atom. The Morgan fingerprint density at radius 3 is 2.53 bits per heavy atom. The van der Waals surface area contributed by atoms with Gasteiger partial charge in [0.15, 0.2) is 0 Å². The molecule has 0 fully saturated rings. The van der Waals surface area contributed by atoms with Crippen molar-refractivity contribution >= 4 is 17.4 Å². The van der Waals surface area contributed by atoms with Crippen molar-refractivity contribution in [2.75, 3.05) is 0 Å². The molecule has 15 heavy (non-hydrogen) atoms. The summed E-state index contributed by atoms with van der Waals surface area (Å²) in [5, 5.41) is 4.31. The van der Waals surface area contributed by atoms with Crippen LogP contribution in [0.2, 0.25) is 5.02 Å². The highest BCUT2D eigenvalue weighted by Gasteiger charge is 2.16. The minimum Gasteiger partial charge on any atom is -0.287 e. The summed E-state index contributed by atoms with van der Waals surface area (Å²) in [6, 6.07) is 9.01. The third kappa shape index (κ3) is 1.78. The predicted molar refractivity (Wildman–Crippen MR) is 58.1 cm³/mol. The molecule has 1 aromatic carbocycles.